The normalized spacial score (nSPS) is 13.2. The van der Waals surface area contributed by atoms with Crippen LogP contribution in [0.4, 0.5) is 17.1 Å². The Bertz CT molecular complexity index is 1680. The molecule has 0 fully saturated rings. The number of carbonyl (C=O) groups is 1. The number of benzene rings is 2. The van der Waals surface area contributed by atoms with E-state index < -0.39 is 10.1 Å². The minimum atomic E-state index is -4.55. The Morgan fingerprint density at radius 2 is 1.87 bits per heavy atom. The molecular formula is C27H28N6O5S. The molecule has 3 aromatic rings. The third-order valence-electron chi connectivity index (χ3n) is 6.05. The van der Waals surface area contributed by atoms with Gasteiger partial charge in [-0.15, -0.1) is 15.3 Å². The molecule has 1 aromatic heterocycles. The number of ether oxygens (including phenoxy) is 1. The van der Waals surface area contributed by atoms with Gasteiger partial charge in [-0.2, -0.15) is 8.42 Å². The van der Waals surface area contributed by atoms with Crippen molar-refractivity contribution >= 4 is 45.6 Å². The first kappa shape index (κ1) is 27.7. The van der Waals surface area contributed by atoms with Gasteiger partial charge in [0.05, 0.1) is 24.1 Å². The maximum absolute atomic E-state index is 12.1. The number of nitrogens with zero attached hydrogens (tertiary/aromatic N) is 5. The number of aromatic nitrogens is 1. The first-order valence-electron chi connectivity index (χ1n) is 12.3. The SMILES string of the molecule is CCCCOc1c(C=O)cc(C)cc1-c1ccc(/N=N/c2cc(S(=O)(=O)O)c3c(c2N=NN)=CCCC=3)cn1. The van der Waals surface area contributed by atoms with Crippen LogP contribution in [0.15, 0.2) is 62.0 Å². The van der Waals surface area contributed by atoms with Crippen molar-refractivity contribution in [2.24, 2.45) is 26.4 Å². The molecule has 1 aliphatic carbocycles. The average Bonchev–Trinajstić information content (AvgIpc) is 2.92. The van der Waals surface area contributed by atoms with E-state index in [1.165, 1.54) is 12.3 Å². The molecule has 2 aromatic carbocycles. The van der Waals surface area contributed by atoms with Crippen molar-refractivity contribution < 1.29 is 22.5 Å². The van der Waals surface area contributed by atoms with Crippen LogP contribution in [0, 0.1) is 6.92 Å². The van der Waals surface area contributed by atoms with E-state index in [2.05, 4.69) is 32.5 Å². The number of unbranched alkanes of at least 4 members (excludes halogenated alkanes) is 1. The Morgan fingerprint density at radius 1 is 1.10 bits per heavy atom. The summed E-state index contributed by atoms with van der Waals surface area (Å²) >= 11 is 0. The molecule has 11 nitrogen and oxygen atoms in total. The lowest BCUT2D eigenvalue weighted by Crippen LogP contribution is -2.32. The highest BCUT2D eigenvalue weighted by molar-refractivity contribution is 7.85. The van der Waals surface area contributed by atoms with Gasteiger partial charge >= 0.3 is 0 Å². The van der Waals surface area contributed by atoms with E-state index in [1.807, 2.05) is 13.0 Å². The molecule has 39 heavy (non-hydrogen) atoms. The summed E-state index contributed by atoms with van der Waals surface area (Å²) < 4.78 is 39.9. The van der Waals surface area contributed by atoms with Gasteiger partial charge in [-0.3, -0.25) is 14.3 Å². The lowest BCUT2D eigenvalue weighted by atomic mass is 10.0. The molecule has 0 amide bonds. The third-order valence-corrected chi connectivity index (χ3v) is 6.94. The predicted molar refractivity (Wildman–Crippen MR) is 147 cm³/mol. The van der Waals surface area contributed by atoms with Gasteiger partial charge < -0.3 is 10.6 Å². The van der Waals surface area contributed by atoms with Crippen molar-refractivity contribution in [2.45, 2.75) is 44.4 Å². The summed E-state index contributed by atoms with van der Waals surface area (Å²) in [6.07, 6.45) is 8.81. The molecule has 1 heterocycles. The molecular weight excluding hydrogens is 520 g/mol. The number of carbonyl (C=O) groups excluding carboxylic acids is 1. The Morgan fingerprint density at radius 3 is 2.51 bits per heavy atom. The van der Waals surface area contributed by atoms with Crippen LogP contribution < -0.4 is 21.0 Å². The Balaban J connectivity index is 1.74. The fraction of sp³-hybridized carbons (Fsp3) is 0.259. The van der Waals surface area contributed by atoms with Crippen LogP contribution in [0.1, 0.15) is 48.5 Å². The number of pyridine rings is 1. The highest BCUT2D eigenvalue weighted by atomic mass is 32.2. The van der Waals surface area contributed by atoms with Crippen LogP contribution in [0.5, 0.6) is 5.75 Å². The van der Waals surface area contributed by atoms with Gasteiger partial charge in [0.25, 0.3) is 10.1 Å². The molecule has 0 saturated heterocycles. The van der Waals surface area contributed by atoms with Crippen molar-refractivity contribution in [2.75, 3.05) is 6.61 Å². The molecule has 0 unspecified atom stereocenters. The van der Waals surface area contributed by atoms with Gasteiger partial charge in [-0.25, -0.2) is 0 Å². The minimum Gasteiger partial charge on any atom is -0.492 e. The van der Waals surface area contributed by atoms with Gasteiger partial charge in [-0.1, -0.05) is 30.7 Å². The zero-order valence-corrected chi connectivity index (χ0v) is 22.4. The summed E-state index contributed by atoms with van der Waals surface area (Å²) in [4.78, 5) is 15.9. The summed E-state index contributed by atoms with van der Waals surface area (Å²) in [5, 5.41) is 16.4. The monoisotopic (exact) mass is 548 g/mol. The van der Waals surface area contributed by atoms with E-state index >= 15 is 0 Å². The number of aldehydes is 1. The largest absolute Gasteiger partial charge is 0.492 e. The molecule has 0 radical (unpaired) electrons. The number of aryl methyl sites for hydroxylation is 1. The van der Waals surface area contributed by atoms with Crippen molar-refractivity contribution in [1.82, 2.24) is 4.98 Å². The summed E-state index contributed by atoms with van der Waals surface area (Å²) in [5.74, 6) is 5.77. The van der Waals surface area contributed by atoms with Crippen molar-refractivity contribution in [3.8, 4) is 17.0 Å². The van der Waals surface area contributed by atoms with Crippen molar-refractivity contribution in [3.63, 3.8) is 0 Å². The molecule has 0 aliphatic heterocycles. The van der Waals surface area contributed by atoms with E-state index in [0.29, 0.717) is 58.1 Å². The average molecular weight is 549 g/mol. The van der Waals surface area contributed by atoms with Gasteiger partial charge in [0.15, 0.2) is 6.29 Å². The predicted octanol–water partition coefficient (Wildman–Crippen LogP) is 5.02. The quantitative estimate of drug-likeness (QED) is 0.0894. The fourth-order valence-electron chi connectivity index (χ4n) is 4.27. The lowest BCUT2D eigenvalue weighted by Gasteiger charge is -2.14. The molecule has 0 atom stereocenters. The first-order chi connectivity index (χ1) is 18.8. The van der Waals surface area contributed by atoms with E-state index in [9.17, 15) is 17.8 Å². The molecule has 202 valence electrons. The second kappa shape index (κ2) is 12.0. The van der Waals surface area contributed by atoms with E-state index in [0.717, 1.165) is 24.7 Å². The topological polar surface area (TPSA) is 169 Å². The smallest absolute Gasteiger partial charge is 0.295 e. The maximum Gasteiger partial charge on any atom is 0.295 e. The molecule has 0 saturated carbocycles. The summed E-state index contributed by atoms with van der Waals surface area (Å²) in [7, 11) is -4.55. The zero-order chi connectivity index (χ0) is 28.0. The van der Waals surface area contributed by atoms with Crippen LogP contribution >= 0.6 is 0 Å². The zero-order valence-electron chi connectivity index (χ0n) is 21.5. The van der Waals surface area contributed by atoms with Crippen LogP contribution in [0.2, 0.25) is 0 Å². The second-order valence-corrected chi connectivity index (χ2v) is 10.3. The van der Waals surface area contributed by atoms with Crippen LogP contribution in [0.3, 0.4) is 0 Å². The summed E-state index contributed by atoms with van der Waals surface area (Å²) in [6.45, 7) is 4.42. The number of hydrogen-bond donors (Lipinski definition) is 2. The molecule has 3 N–H and O–H groups in total. The fourth-order valence-corrected chi connectivity index (χ4v) is 5.00. The molecule has 0 bridgehead atoms. The van der Waals surface area contributed by atoms with Crippen molar-refractivity contribution in [1.29, 1.82) is 0 Å². The van der Waals surface area contributed by atoms with Gasteiger partial charge in [-0.05, 0) is 62.1 Å². The molecule has 4 rings (SSSR count). The number of nitrogens with two attached hydrogens (primary N) is 1. The van der Waals surface area contributed by atoms with Gasteiger partial charge in [0, 0.05) is 16.0 Å². The lowest BCUT2D eigenvalue weighted by molar-refractivity contribution is 0.111. The Hall–Kier alpha value is -4.29. The molecule has 0 spiro atoms. The van der Waals surface area contributed by atoms with Crippen LogP contribution in [-0.2, 0) is 10.1 Å². The Kier molecular flexibility index (Phi) is 8.57. The molecule has 1 aliphatic rings. The van der Waals surface area contributed by atoms with E-state index in [1.54, 1.807) is 30.4 Å². The molecule has 12 heteroatoms. The van der Waals surface area contributed by atoms with Gasteiger partial charge in [0.2, 0.25) is 0 Å². The van der Waals surface area contributed by atoms with E-state index in [4.69, 9.17) is 10.6 Å². The highest BCUT2D eigenvalue weighted by Gasteiger charge is 2.19. The first-order valence-corrected chi connectivity index (χ1v) is 13.8. The number of hydrogen-bond acceptors (Lipinski definition) is 9. The summed E-state index contributed by atoms with van der Waals surface area (Å²) in [5.41, 5.74) is 3.26. The number of rotatable bonds is 10. The Labute approximate surface area is 225 Å². The summed E-state index contributed by atoms with van der Waals surface area (Å²) in [6, 6.07) is 8.26. The van der Waals surface area contributed by atoms with Crippen LogP contribution in [-0.4, -0.2) is 30.8 Å². The van der Waals surface area contributed by atoms with Gasteiger partial charge in [0.1, 0.15) is 27.7 Å². The number of azo groups is 1. The number of fused-ring (bicyclic) bond motifs is 1. The third kappa shape index (κ3) is 6.24. The maximum atomic E-state index is 12.1. The van der Waals surface area contributed by atoms with Crippen LogP contribution in [0.25, 0.3) is 23.4 Å². The highest BCUT2D eigenvalue weighted by Crippen LogP contribution is 2.34. The van der Waals surface area contributed by atoms with Crippen molar-refractivity contribution in [3.05, 3.63) is 58.1 Å². The second-order valence-electron chi connectivity index (χ2n) is 8.90. The minimum absolute atomic E-state index is 0.0621. The van der Waals surface area contributed by atoms with E-state index in [-0.39, 0.29) is 16.3 Å². The standard InChI is InChI=1S/C27H28N6O5S/c1-3-4-11-38-27-18(16-34)12-17(2)13-22(27)23-10-9-19(15-29-23)30-31-24-14-25(39(35,36)37)20-7-5-6-8-21(20)26(24)32-33-28/h7-10,12-16H,3-6,11H2,1-2H3,(H2,28,32)(H,35,36,37)/b31-30+.